The molecule has 1 N–H and O–H groups in total. The van der Waals surface area contributed by atoms with Gasteiger partial charge in [0.15, 0.2) is 0 Å². The summed E-state index contributed by atoms with van der Waals surface area (Å²) in [6.45, 7) is 0. The fourth-order valence-corrected chi connectivity index (χ4v) is 4.34. The zero-order valence-electron chi connectivity index (χ0n) is 10.8. The van der Waals surface area contributed by atoms with Crippen molar-refractivity contribution in [1.82, 2.24) is 0 Å². The molecule has 0 atom stereocenters. The number of benzene rings is 2. The molecule has 0 saturated carbocycles. The first-order chi connectivity index (χ1) is 10.4. The van der Waals surface area contributed by atoms with Crippen molar-refractivity contribution in [1.29, 1.82) is 0 Å². The molecule has 0 saturated heterocycles. The molecule has 0 aromatic heterocycles. The number of halogens is 1. The van der Waals surface area contributed by atoms with E-state index in [0.29, 0.717) is 7.14 Å². The molecule has 0 aliphatic carbocycles. The summed E-state index contributed by atoms with van der Waals surface area (Å²) in [5, 5.41) is 30.7. The molecule has 0 unspecified atom stereocenters. The number of aromatic carboxylic acids is 1. The van der Waals surface area contributed by atoms with Crippen LogP contribution in [0.4, 0.5) is 11.4 Å². The number of hydrogen-bond donors (Lipinski definition) is 1. The average molecular weight is 415 g/mol. The molecule has 2 rings (SSSR count). The van der Waals surface area contributed by atoms with Gasteiger partial charge >= 0.3 is 134 Å². The first-order valence-electron chi connectivity index (χ1n) is 5.79. The fraction of sp³-hybridized carbons (Fsp3) is 0. The van der Waals surface area contributed by atoms with Crippen molar-refractivity contribution >= 4 is 17.3 Å². The molecule has 2 aromatic rings. The van der Waals surface area contributed by atoms with Gasteiger partial charge in [0.05, 0.1) is 0 Å². The average Bonchev–Trinajstić information content (AvgIpc) is 2.47. The van der Waals surface area contributed by atoms with Gasteiger partial charge in [0, 0.05) is 0 Å². The van der Waals surface area contributed by atoms with Crippen molar-refractivity contribution in [2.45, 2.75) is 0 Å². The van der Waals surface area contributed by atoms with Gasteiger partial charge in [0.2, 0.25) is 0 Å². The van der Waals surface area contributed by atoms with Crippen LogP contribution in [0.25, 0.3) is 0 Å². The van der Waals surface area contributed by atoms with Crippen molar-refractivity contribution < 1.29 is 41.0 Å². The second-order valence-corrected chi connectivity index (χ2v) is 7.01. The van der Waals surface area contributed by atoms with E-state index in [0.717, 1.165) is 6.07 Å². The Labute approximate surface area is 134 Å². The molecule has 22 heavy (non-hydrogen) atoms. The summed E-state index contributed by atoms with van der Waals surface area (Å²) in [6, 6.07) is 9.37. The Morgan fingerprint density at radius 3 is 2.23 bits per heavy atom. The molecule has 0 spiro atoms. The number of nitro groups is 2. The van der Waals surface area contributed by atoms with E-state index in [1.165, 1.54) is 30.3 Å². The summed E-state index contributed by atoms with van der Waals surface area (Å²) in [5.74, 6) is -1.19. The van der Waals surface area contributed by atoms with Crippen LogP contribution in [0.2, 0.25) is 0 Å². The van der Waals surface area contributed by atoms with Crippen LogP contribution in [0.3, 0.4) is 0 Å². The maximum atomic E-state index is 11.2. The normalized spacial score (nSPS) is 10.4. The van der Waals surface area contributed by atoms with Crippen LogP contribution in [0.15, 0.2) is 42.5 Å². The van der Waals surface area contributed by atoms with Gasteiger partial charge in [-0.25, -0.2) is 0 Å². The minimum absolute atomic E-state index is 0.0232. The molecule has 0 heterocycles. The topological polar surface area (TPSA) is 124 Å². The zero-order chi connectivity index (χ0) is 16.3. The van der Waals surface area contributed by atoms with E-state index in [2.05, 4.69) is 0 Å². The Hall–Kier alpha value is -2.56. The number of nitro benzene ring substituents is 2. The first-order valence-corrected chi connectivity index (χ1v) is 7.95. The number of non-ortho nitro benzene ring substituents is 2. The Morgan fingerprint density at radius 1 is 1.00 bits per heavy atom. The molecule has 0 aliphatic rings. The molecule has 8 nitrogen and oxygen atoms in total. The van der Waals surface area contributed by atoms with Crippen LogP contribution >= 0.6 is 0 Å². The predicted octanol–water partition coefficient (Wildman–Crippen LogP) is -0.670. The molecule has 9 heteroatoms. The molecule has 2 aromatic carbocycles. The summed E-state index contributed by atoms with van der Waals surface area (Å²) < 4.78 is 0.942. The minimum atomic E-state index is -1.19. The van der Waals surface area contributed by atoms with Crippen molar-refractivity contribution in [3.63, 3.8) is 0 Å². The van der Waals surface area contributed by atoms with E-state index in [4.69, 9.17) is 5.11 Å². The second-order valence-electron chi connectivity index (χ2n) is 4.06. The van der Waals surface area contributed by atoms with Gasteiger partial charge in [-0.3, -0.25) is 0 Å². The SMILES string of the molecule is O=C(O)c1ccc([N+](=O)[O-])cc1[I-]c1cccc([N+](=O)[O-])c1. The quantitative estimate of drug-likeness (QED) is 0.393. The number of carboxylic acid groups (broad SMARTS) is 1. The van der Waals surface area contributed by atoms with Gasteiger partial charge in [0.1, 0.15) is 0 Å². The van der Waals surface area contributed by atoms with E-state index in [-0.39, 0.29) is 16.9 Å². The Morgan fingerprint density at radius 2 is 1.64 bits per heavy atom. The number of hydrogen-bond acceptors (Lipinski definition) is 5. The Balaban J connectivity index is 2.45. The van der Waals surface area contributed by atoms with Crippen LogP contribution in [0.5, 0.6) is 0 Å². The van der Waals surface area contributed by atoms with Gasteiger partial charge in [-0.05, 0) is 0 Å². The molecular weight excluding hydrogens is 407 g/mol. The number of nitrogens with zero attached hydrogens (tertiary/aromatic N) is 2. The fourth-order valence-electron chi connectivity index (χ4n) is 1.64. The monoisotopic (exact) mass is 415 g/mol. The van der Waals surface area contributed by atoms with Gasteiger partial charge in [0.25, 0.3) is 0 Å². The summed E-state index contributed by atoms with van der Waals surface area (Å²) in [4.78, 5) is 31.6. The van der Waals surface area contributed by atoms with Crippen LogP contribution in [-0.4, -0.2) is 20.9 Å². The van der Waals surface area contributed by atoms with Crippen LogP contribution in [0.1, 0.15) is 10.4 Å². The number of rotatable bonds is 5. The summed E-state index contributed by atoms with van der Waals surface area (Å²) in [6.07, 6.45) is 0. The third-order valence-corrected chi connectivity index (χ3v) is 5.39. The van der Waals surface area contributed by atoms with Crippen LogP contribution in [-0.2, 0) is 0 Å². The van der Waals surface area contributed by atoms with Gasteiger partial charge in [-0.15, -0.1) is 0 Å². The molecule has 0 amide bonds. The summed E-state index contributed by atoms with van der Waals surface area (Å²) >= 11 is -1.10. The second kappa shape index (κ2) is 6.47. The first kappa shape index (κ1) is 15.8. The summed E-state index contributed by atoms with van der Waals surface area (Å²) in [5.41, 5.74) is -0.324. The van der Waals surface area contributed by atoms with Gasteiger partial charge in [-0.1, -0.05) is 0 Å². The van der Waals surface area contributed by atoms with E-state index in [9.17, 15) is 25.0 Å². The Bertz CT molecular complexity index is 777. The molecule has 0 radical (unpaired) electrons. The predicted molar refractivity (Wildman–Crippen MR) is 70.5 cm³/mol. The van der Waals surface area contributed by atoms with E-state index in [1.54, 1.807) is 6.07 Å². The molecule has 114 valence electrons. The Kier molecular flexibility index (Phi) is 4.65. The van der Waals surface area contributed by atoms with E-state index in [1.807, 2.05) is 0 Å². The summed E-state index contributed by atoms with van der Waals surface area (Å²) in [7, 11) is 0. The third-order valence-electron chi connectivity index (χ3n) is 2.62. The third kappa shape index (κ3) is 3.55. The van der Waals surface area contributed by atoms with Crippen molar-refractivity contribution in [2.24, 2.45) is 0 Å². The van der Waals surface area contributed by atoms with E-state index >= 15 is 0 Å². The molecule has 0 bridgehead atoms. The molecule has 0 fully saturated rings. The van der Waals surface area contributed by atoms with Crippen molar-refractivity contribution in [3.8, 4) is 0 Å². The van der Waals surface area contributed by atoms with Gasteiger partial charge < -0.3 is 0 Å². The van der Waals surface area contributed by atoms with Crippen LogP contribution in [0, 0.1) is 27.4 Å². The maximum absolute atomic E-state index is 11.2. The van der Waals surface area contributed by atoms with Gasteiger partial charge in [-0.2, -0.15) is 0 Å². The standard InChI is InChI=1S/C13H8IN2O6/c17-13(18)11-5-4-10(16(21)22)7-12(11)14-8-2-1-3-9(6-8)15(19)20/h1-7H,(H,17,18)/q-1. The zero-order valence-corrected chi connectivity index (χ0v) is 13.0. The van der Waals surface area contributed by atoms with E-state index < -0.39 is 37.0 Å². The molecule has 0 aliphatic heterocycles. The van der Waals surface area contributed by atoms with Crippen LogP contribution < -0.4 is 21.2 Å². The number of carboxylic acids is 1. The van der Waals surface area contributed by atoms with Crippen molar-refractivity contribution in [3.05, 3.63) is 75.4 Å². The molecular formula is C13H8IN2O6-. The number of carbonyl (C=O) groups is 1. The van der Waals surface area contributed by atoms with Crippen molar-refractivity contribution in [2.75, 3.05) is 0 Å².